The number of hydrogen-bond donors (Lipinski definition) is 1. The molecule has 112 valence electrons. The number of para-hydroxylation sites is 1. The molecule has 7 heteroatoms. The van der Waals surface area contributed by atoms with Gasteiger partial charge in [-0.15, -0.1) is 11.8 Å². The van der Waals surface area contributed by atoms with Crippen LogP contribution in [0.4, 0.5) is 5.69 Å². The van der Waals surface area contributed by atoms with E-state index in [1.807, 2.05) is 0 Å². The Bertz CT molecular complexity index is 1010. The number of carbonyl (C=O) groups is 2. The number of allylic oxidation sites excluding steroid dienone is 2. The molecule has 3 rings (SSSR count). The smallest absolute Gasteiger partial charge is 0.352 e. The molecule has 2 aromatic rings. The van der Waals surface area contributed by atoms with Crippen molar-refractivity contribution in [1.82, 2.24) is 4.74 Å². The predicted octanol–water partition coefficient (Wildman–Crippen LogP) is 2.14. The van der Waals surface area contributed by atoms with Crippen LogP contribution in [-0.2, 0) is 5.83 Å². The van der Waals surface area contributed by atoms with Gasteiger partial charge < -0.3 is 9.84 Å². The number of nitrogens with one attached hydrogen (secondary N) is 1. The number of rotatable bonds is 4. The Kier molecular flexibility index (Phi) is 2.45. The van der Waals surface area contributed by atoms with Gasteiger partial charge in [-0.25, -0.2) is 4.79 Å². The quantitative estimate of drug-likeness (QED) is 0.929. The van der Waals surface area contributed by atoms with Gasteiger partial charge in [-0.1, -0.05) is 18.2 Å². The van der Waals surface area contributed by atoms with E-state index in [1.54, 1.807) is 30.3 Å². The first-order valence-corrected chi connectivity index (χ1v) is 6.91. The van der Waals surface area contributed by atoms with Gasteiger partial charge in [0.2, 0.25) is 11.6 Å². The first-order valence-electron chi connectivity index (χ1n) is 8.59. The van der Waals surface area contributed by atoms with Crippen LogP contribution in [0.5, 0.6) is 0 Å². The summed E-state index contributed by atoms with van der Waals surface area (Å²) in [6, 6.07) is 8.45. The van der Waals surface area contributed by atoms with Crippen molar-refractivity contribution in [3.05, 3.63) is 63.8 Å². The van der Waals surface area contributed by atoms with Crippen molar-refractivity contribution < 1.29 is 21.0 Å². The molecule has 1 N–H and O–H groups in total. The lowest BCUT2D eigenvalue weighted by molar-refractivity contribution is 0.0977. The minimum atomic E-state index is -2.79. The van der Waals surface area contributed by atoms with Gasteiger partial charge in [0.05, 0.1) is 8.44 Å². The van der Waals surface area contributed by atoms with Crippen LogP contribution in [0, 0.1) is 0 Å². The van der Waals surface area contributed by atoms with Crippen molar-refractivity contribution in [2.75, 3.05) is 11.5 Å². The predicted molar refractivity (Wildman–Crippen MR) is 83.3 cm³/mol. The molecular formula is C15H12N2O4S. The molecule has 1 aromatic heterocycles. The van der Waals surface area contributed by atoms with E-state index in [0.29, 0.717) is 5.69 Å². The summed E-state index contributed by atoms with van der Waals surface area (Å²) in [7, 11) is 0. The number of anilines is 1. The van der Waals surface area contributed by atoms with E-state index in [2.05, 4.69) is 5.32 Å². The summed E-state index contributed by atoms with van der Waals surface area (Å²) in [4.78, 5) is 37.2. The molecule has 0 bridgehead atoms. The summed E-state index contributed by atoms with van der Waals surface area (Å²) in [5.41, 5.74) is -2.15. The summed E-state index contributed by atoms with van der Waals surface area (Å²) in [5.74, 6) is -4.49. The summed E-state index contributed by atoms with van der Waals surface area (Å²) in [5, 5.41) is 2.73. The zero-order chi connectivity index (χ0) is 20.0. The second-order valence-corrected chi connectivity index (χ2v) is 4.72. The normalized spacial score (nSPS) is 18.4. The number of benzene rings is 1. The number of nitrogens with zero attached hydrogens (tertiary/aromatic N) is 1. The number of hydrogen-bond acceptors (Lipinski definition) is 6. The number of Topliss-reactive ketones (excluding diaryl/α,β-unsaturated/α-hetero) is 1. The van der Waals surface area contributed by atoms with Crippen LogP contribution in [0.15, 0.2) is 51.4 Å². The van der Waals surface area contributed by atoms with E-state index in [4.69, 9.17) is 11.4 Å². The molecule has 0 aliphatic heterocycles. The van der Waals surface area contributed by atoms with E-state index in [9.17, 15) is 14.4 Å². The number of aromatic nitrogens is 1. The molecule has 22 heavy (non-hydrogen) atoms. The third kappa shape index (κ3) is 2.39. The topological polar surface area (TPSA) is 81.3 Å². The zero-order valence-corrected chi connectivity index (χ0v) is 11.8. The lowest BCUT2D eigenvalue weighted by atomic mass is 9.99. The molecule has 1 heterocycles. The number of fused-ring (bicyclic) bond motifs is 1. The average molecular weight is 321 g/mol. The molecular weight excluding hydrogens is 304 g/mol. The minimum absolute atomic E-state index is 0.131. The van der Waals surface area contributed by atoms with Gasteiger partial charge in [-0.2, -0.15) is 4.74 Å². The van der Waals surface area contributed by atoms with Crippen molar-refractivity contribution in [3.63, 3.8) is 0 Å². The van der Waals surface area contributed by atoms with Gasteiger partial charge in [0.25, 0.3) is 0 Å². The van der Waals surface area contributed by atoms with Crippen molar-refractivity contribution in [2.24, 2.45) is 0 Å². The molecule has 0 unspecified atom stereocenters. The Morgan fingerprint density at radius 3 is 2.82 bits per heavy atom. The standard InChI is InChI=1S/C15H12N2O4S/c1-22-8-17-13-11(18)7-10(14(19)12(13)15(20)21-17)16-9-5-3-2-4-6-9/h2-7,16H,8H2,1H3/i1D3,8D2. The van der Waals surface area contributed by atoms with E-state index >= 15 is 0 Å². The fourth-order valence-corrected chi connectivity index (χ4v) is 2.28. The zero-order valence-electron chi connectivity index (χ0n) is 16.0. The SMILES string of the molecule is [2H]C([2H])([2H])SC([2H])([2H])n1oc(=O)c2c1C(=O)C=C(Nc1ccccc1)C2=O. The van der Waals surface area contributed by atoms with Crippen LogP contribution in [-0.4, -0.2) is 22.5 Å². The monoisotopic (exact) mass is 321 g/mol. The molecule has 0 spiro atoms. The number of ketones is 2. The largest absolute Gasteiger partial charge is 0.369 e. The van der Waals surface area contributed by atoms with Crippen molar-refractivity contribution >= 4 is 29.0 Å². The fraction of sp³-hybridized carbons (Fsp3) is 0.133. The van der Waals surface area contributed by atoms with Gasteiger partial charge in [0.1, 0.15) is 17.1 Å². The van der Waals surface area contributed by atoms with Crippen LogP contribution in [0.3, 0.4) is 0 Å². The Hall–Kier alpha value is -2.54. The molecule has 0 saturated carbocycles. The first-order chi connectivity index (χ1) is 12.5. The second-order valence-electron chi connectivity index (χ2n) is 4.33. The molecule has 0 fully saturated rings. The third-order valence-electron chi connectivity index (χ3n) is 2.98. The minimum Gasteiger partial charge on any atom is -0.352 e. The van der Waals surface area contributed by atoms with E-state index < -0.39 is 40.5 Å². The van der Waals surface area contributed by atoms with Gasteiger partial charge in [0, 0.05) is 15.9 Å². The second kappa shape index (κ2) is 5.69. The highest BCUT2D eigenvalue weighted by Gasteiger charge is 2.34. The van der Waals surface area contributed by atoms with Crippen LogP contribution in [0.2, 0.25) is 0 Å². The van der Waals surface area contributed by atoms with Gasteiger partial charge in [0.15, 0.2) is 0 Å². The van der Waals surface area contributed by atoms with Crippen molar-refractivity contribution in [2.45, 2.75) is 5.83 Å². The van der Waals surface area contributed by atoms with Crippen LogP contribution in [0.25, 0.3) is 0 Å². The highest BCUT2D eigenvalue weighted by atomic mass is 32.2. The summed E-state index contributed by atoms with van der Waals surface area (Å²) >= 11 is -0.131. The lowest BCUT2D eigenvalue weighted by Crippen LogP contribution is -2.25. The maximum absolute atomic E-state index is 12.6. The van der Waals surface area contributed by atoms with Crippen molar-refractivity contribution in [1.29, 1.82) is 0 Å². The Labute approximate surface area is 136 Å². The fourth-order valence-electron chi connectivity index (χ4n) is 2.07. The van der Waals surface area contributed by atoms with Crippen molar-refractivity contribution in [3.8, 4) is 0 Å². The van der Waals surface area contributed by atoms with Crippen LogP contribution >= 0.6 is 11.8 Å². The molecule has 1 aliphatic carbocycles. The number of carbonyl (C=O) groups excluding carboxylic acids is 2. The Morgan fingerprint density at radius 1 is 1.32 bits per heavy atom. The Balaban J connectivity index is 2.04. The van der Waals surface area contributed by atoms with Gasteiger partial charge >= 0.3 is 5.63 Å². The van der Waals surface area contributed by atoms with Gasteiger partial charge in [-0.3, -0.25) is 9.59 Å². The van der Waals surface area contributed by atoms with E-state index in [1.165, 1.54) is 0 Å². The Morgan fingerprint density at radius 2 is 2.09 bits per heavy atom. The molecule has 6 nitrogen and oxygen atoms in total. The van der Waals surface area contributed by atoms with Gasteiger partial charge in [-0.05, 0) is 18.3 Å². The maximum atomic E-state index is 12.6. The summed E-state index contributed by atoms with van der Waals surface area (Å²) in [6.45, 7) is 0. The highest BCUT2D eigenvalue weighted by molar-refractivity contribution is 7.97. The molecule has 0 atom stereocenters. The van der Waals surface area contributed by atoms with Crippen LogP contribution in [0.1, 0.15) is 27.7 Å². The highest BCUT2D eigenvalue weighted by Crippen LogP contribution is 2.22. The summed E-state index contributed by atoms with van der Waals surface area (Å²) in [6.07, 6.45) is -1.85. The summed E-state index contributed by atoms with van der Waals surface area (Å²) < 4.78 is 42.2. The lowest BCUT2D eigenvalue weighted by Gasteiger charge is -2.13. The molecule has 1 aromatic carbocycles. The first kappa shape index (κ1) is 9.47. The van der Waals surface area contributed by atoms with E-state index in [0.717, 1.165) is 6.08 Å². The third-order valence-corrected chi connectivity index (χ3v) is 3.24. The number of thioether (sulfide) groups is 1. The molecule has 1 aliphatic rings. The molecule has 0 saturated heterocycles. The van der Waals surface area contributed by atoms with Crippen LogP contribution < -0.4 is 10.9 Å². The maximum Gasteiger partial charge on any atom is 0.369 e. The average Bonchev–Trinajstić information content (AvgIpc) is 2.90. The van der Waals surface area contributed by atoms with E-state index in [-0.39, 0.29) is 22.2 Å². The molecule has 0 radical (unpaired) electrons. The molecule has 0 amide bonds.